The number of benzene rings is 2. The van der Waals surface area contributed by atoms with Crippen LogP contribution >= 0.6 is 0 Å². The number of imidazole rings is 1. The van der Waals surface area contributed by atoms with Crippen molar-refractivity contribution in [2.75, 3.05) is 6.98 Å². The summed E-state index contributed by atoms with van der Waals surface area (Å²) in [4.78, 5) is 24.2. The van der Waals surface area contributed by atoms with E-state index in [1.54, 1.807) is 18.2 Å². The summed E-state index contributed by atoms with van der Waals surface area (Å²) in [6.07, 6.45) is 10.2. The zero-order chi connectivity index (χ0) is 27.3. The van der Waals surface area contributed by atoms with Gasteiger partial charge in [0.25, 0.3) is 5.91 Å². The number of terminal acetylenes is 1. The van der Waals surface area contributed by atoms with Crippen molar-refractivity contribution in [3.8, 4) is 23.5 Å². The van der Waals surface area contributed by atoms with Gasteiger partial charge in [-0.15, -0.1) is 6.42 Å². The fourth-order valence-corrected chi connectivity index (χ4v) is 6.22. The zero-order valence-corrected chi connectivity index (χ0v) is 19.9. The van der Waals surface area contributed by atoms with Gasteiger partial charge in [-0.05, 0) is 54.7 Å². The van der Waals surface area contributed by atoms with Gasteiger partial charge in [-0.1, -0.05) is 31.0 Å². The molecule has 0 radical (unpaired) electrons. The van der Waals surface area contributed by atoms with Crippen LogP contribution in [0.3, 0.4) is 0 Å². The van der Waals surface area contributed by atoms with Gasteiger partial charge in [0.15, 0.2) is 0 Å². The average molecular weight is 477 g/mol. The van der Waals surface area contributed by atoms with Crippen LogP contribution in [0.4, 0.5) is 0 Å². The molecule has 2 aromatic heterocycles. The van der Waals surface area contributed by atoms with E-state index in [1.807, 2.05) is 24.4 Å². The lowest BCUT2D eigenvalue weighted by Crippen LogP contribution is -2.51. The molecule has 0 saturated heterocycles. The monoisotopic (exact) mass is 476 g/mol. The summed E-state index contributed by atoms with van der Waals surface area (Å²) in [7, 11) is 0. The second kappa shape index (κ2) is 7.28. The van der Waals surface area contributed by atoms with Crippen LogP contribution in [-0.2, 0) is 5.54 Å². The van der Waals surface area contributed by atoms with Crippen molar-refractivity contribution in [3.63, 3.8) is 0 Å². The lowest BCUT2D eigenvalue weighted by atomic mass is 9.66. The van der Waals surface area contributed by atoms with Gasteiger partial charge in [0.2, 0.25) is 0 Å². The van der Waals surface area contributed by atoms with Gasteiger partial charge < -0.3 is 15.2 Å². The lowest BCUT2D eigenvalue weighted by Gasteiger charge is -2.44. The molecule has 2 aromatic carbocycles. The summed E-state index contributed by atoms with van der Waals surface area (Å²) in [5.41, 5.74) is 12.3. The molecule has 4 aromatic rings. The molecule has 6 nitrogen and oxygen atoms in total. The first-order valence-corrected chi connectivity index (χ1v) is 12.3. The Bertz CT molecular complexity index is 1720. The number of aromatic nitrogens is 3. The van der Waals surface area contributed by atoms with Crippen LogP contribution in [0.15, 0.2) is 54.7 Å². The van der Waals surface area contributed by atoms with Crippen LogP contribution in [0.1, 0.15) is 75.4 Å². The minimum absolute atomic E-state index is 0.318. The predicted octanol–water partition coefficient (Wildman–Crippen LogP) is 4.78. The number of rotatable bonds is 2. The lowest BCUT2D eigenvalue weighted by molar-refractivity contribution is 0.0734. The molecule has 178 valence electrons. The number of fused-ring (bicyclic) bond motifs is 9. The van der Waals surface area contributed by atoms with E-state index in [-0.39, 0.29) is 11.6 Å². The minimum atomic E-state index is -2.63. The average Bonchev–Trinajstić information content (AvgIpc) is 3.43. The number of hydrogen-bond donors (Lipinski definition) is 1. The highest BCUT2D eigenvalue weighted by atomic mass is 16.2. The normalized spacial score (nSPS) is 27.8. The summed E-state index contributed by atoms with van der Waals surface area (Å²) in [6, 6.07) is 14.2. The van der Waals surface area contributed by atoms with Gasteiger partial charge in [-0.25, -0.2) is 4.98 Å². The summed E-state index contributed by atoms with van der Waals surface area (Å²) >= 11 is 0. The van der Waals surface area contributed by atoms with E-state index in [2.05, 4.69) is 29.5 Å². The molecule has 1 fully saturated rings. The smallest absolute Gasteiger partial charge is 0.254 e. The van der Waals surface area contributed by atoms with Crippen LogP contribution in [0, 0.1) is 18.3 Å². The molecule has 6 heteroatoms. The van der Waals surface area contributed by atoms with Gasteiger partial charge in [-0.2, -0.15) is 0 Å². The second-order valence-electron chi connectivity index (χ2n) is 10.3. The number of hydrogen-bond acceptors (Lipinski definition) is 4. The van der Waals surface area contributed by atoms with Crippen molar-refractivity contribution in [3.05, 3.63) is 82.9 Å². The van der Waals surface area contributed by atoms with E-state index in [4.69, 9.17) is 26.2 Å². The van der Waals surface area contributed by atoms with E-state index in [9.17, 15) is 4.79 Å². The highest BCUT2D eigenvalue weighted by molar-refractivity contribution is 5.98. The Morgan fingerprint density at radius 3 is 2.75 bits per heavy atom. The number of nitrogens with zero attached hydrogens (tertiary/aromatic N) is 4. The van der Waals surface area contributed by atoms with E-state index in [0.717, 1.165) is 45.6 Å². The fraction of sp³-hybridized carbons (Fsp3) is 0.300. The molecule has 1 aliphatic carbocycles. The number of nitrogens with two attached hydrogens (primary N) is 1. The zero-order valence-electron chi connectivity index (χ0n) is 22.9. The van der Waals surface area contributed by atoms with E-state index in [1.165, 1.54) is 0 Å². The highest BCUT2D eigenvalue weighted by Gasteiger charge is 2.45. The Labute approximate surface area is 214 Å². The first kappa shape index (κ1) is 18.3. The minimum Gasteiger partial charge on any atom is -0.331 e. The number of amides is 1. The molecular weight excluding hydrogens is 446 g/mol. The van der Waals surface area contributed by atoms with Crippen molar-refractivity contribution in [2.45, 2.75) is 43.8 Å². The van der Waals surface area contributed by atoms with E-state index >= 15 is 0 Å². The van der Waals surface area contributed by atoms with Gasteiger partial charge >= 0.3 is 0 Å². The molecule has 2 aliphatic heterocycles. The first-order chi connectivity index (χ1) is 18.6. The molecular formula is C30H27N5O. The predicted molar refractivity (Wildman–Crippen MR) is 139 cm³/mol. The van der Waals surface area contributed by atoms with Gasteiger partial charge in [0.05, 0.1) is 34.3 Å². The fourth-order valence-electron chi connectivity index (χ4n) is 6.22. The topological polar surface area (TPSA) is 77.0 Å². The van der Waals surface area contributed by atoms with Crippen molar-refractivity contribution in [1.82, 2.24) is 19.4 Å². The molecule has 7 rings (SSSR count). The van der Waals surface area contributed by atoms with Crippen LogP contribution in [0.5, 0.6) is 0 Å². The third-order valence-corrected chi connectivity index (χ3v) is 8.57. The molecule has 0 spiro atoms. The summed E-state index contributed by atoms with van der Waals surface area (Å²) < 4.78 is 26.7. The molecule has 0 unspecified atom stereocenters. The summed E-state index contributed by atoms with van der Waals surface area (Å²) in [6.45, 7) is -0.472. The molecule has 4 heterocycles. The van der Waals surface area contributed by atoms with Crippen molar-refractivity contribution >= 4 is 16.9 Å². The van der Waals surface area contributed by atoms with Crippen LogP contribution in [0.25, 0.3) is 22.2 Å². The summed E-state index contributed by atoms with van der Waals surface area (Å²) in [5, 5.41) is 0. The van der Waals surface area contributed by atoms with Crippen molar-refractivity contribution in [1.29, 1.82) is 0 Å². The van der Waals surface area contributed by atoms with Crippen LogP contribution < -0.4 is 5.73 Å². The quantitative estimate of drug-likeness (QED) is 0.422. The molecule has 3 aliphatic rings. The second-order valence-corrected chi connectivity index (χ2v) is 10.3. The molecule has 1 saturated carbocycles. The van der Waals surface area contributed by atoms with Crippen molar-refractivity contribution < 1.29 is 8.91 Å². The Morgan fingerprint density at radius 1 is 1.19 bits per heavy atom. The molecule has 2 N–H and O–H groups in total. The third kappa shape index (κ3) is 2.69. The summed E-state index contributed by atoms with van der Waals surface area (Å²) in [5.74, 6) is 3.14. The molecule has 4 atom stereocenters. The largest absolute Gasteiger partial charge is 0.331 e. The maximum atomic E-state index is 13.6. The standard InChI is InChI=1S/C30H27N5O/c1-4-18-6-5-7-21-27(18)24-15-25(34(3)29(21)36)28-33-22-10-8-19(14-23(22)35(24)28)20-9-11-26(32-16-20)30(31)13-12-17(30)2/h1,5-11,14,16-17,24-25H,12-13,15,31H2,2-3H3/t17-,24+,25+,30+/m0/s1/i3D3. The first-order valence-electron chi connectivity index (χ1n) is 13.8. The number of carbonyl (C=O) groups is 1. The SMILES string of the molecule is [2H]C([2H])([2H])N1C(=O)c2cccc(C#C)c2[C@H]2C[C@@H]1c1nc3ccc(-c4ccc([C@@]5(N)CC[C@@H]5C)nc4)cc3n12. The maximum Gasteiger partial charge on any atom is 0.254 e. The van der Waals surface area contributed by atoms with Crippen LogP contribution in [0.2, 0.25) is 0 Å². The Balaban J connectivity index is 1.39. The van der Waals surface area contributed by atoms with Gasteiger partial charge in [0, 0.05) is 46.0 Å². The Hall–Kier alpha value is -3.95. The van der Waals surface area contributed by atoms with Crippen LogP contribution in [-0.4, -0.2) is 32.3 Å². The molecule has 1 amide bonds. The maximum absolute atomic E-state index is 13.6. The molecule has 2 bridgehead atoms. The van der Waals surface area contributed by atoms with Gasteiger partial charge in [0.1, 0.15) is 5.82 Å². The Morgan fingerprint density at radius 2 is 2.06 bits per heavy atom. The van der Waals surface area contributed by atoms with Crippen molar-refractivity contribution in [2.24, 2.45) is 11.7 Å². The van der Waals surface area contributed by atoms with Gasteiger partial charge in [-0.3, -0.25) is 9.78 Å². The van der Waals surface area contributed by atoms with E-state index < -0.39 is 18.9 Å². The number of pyridine rings is 1. The Kier molecular flexibility index (Phi) is 3.71. The molecule has 36 heavy (non-hydrogen) atoms. The highest BCUT2D eigenvalue weighted by Crippen LogP contribution is 2.48. The number of carbonyl (C=O) groups excluding carboxylic acids is 1. The van der Waals surface area contributed by atoms with E-state index in [0.29, 0.717) is 34.9 Å². The third-order valence-electron chi connectivity index (χ3n) is 8.57.